The Kier molecular flexibility index (Phi) is 3.36. The Morgan fingerprint density at radius 3 is 2.00 bits per heavy atom. The van der Waals surface area contributed by atoms with Crippen LogP contribution in [0, 0.1) is 5.92 Å². The van der Waals surface area contributed by atoms with Gasteiger partial charge in [-0.15, -0.1) is 0 Å². The van der Waals surface area contributed by atoms with Crippen LogP contribution in [0.3, 0.4) is 0 Å². The molecule has 0 heterocycles. The van der Waals surface area contributed by atoms with Crippen molar-refractivity contribution < 1.29 is 0 Å². The first-order valence-corrected chi connectivity index (χ1v) is 5.57. The van der Waals surface area contributed by atoms with Gasteiger partial charge in [0.1, 0.15) is 3.23 Å². The van der Waals surface area contributed by atoms with Gasteiger partial charge in [-0.05, 0) is 11.5 Å². The van der Waals surface area contributed by atoms with Crippen LogP contribution in [-0.2, 0) is 3.23 Å². The average Bonchev–Trinajstić information content (AvgIpc) is 2.06. The molecule has 0 amide bonds. The van der Waals surface area contributed by atoms with Gasteiger partial charge in [-0.25, -0.2) is 0 Å². The highest BCUT2D eigenvalue weighted by Gasteiger charge is 2.28. The van der Waals surface area contributed by atoms with Gasteiger partial charge in [-0.2, -0.15) is 0 Å². The van der Waals surface area contributed by atoms with Crippen molar-refractivity contribution in [2.75, 3.05) is 0 Å². The summed E-state index contributed by atoms with van der Waals surface area (Å²) >= 11 is 7.34. The molecule has 1 aromatic carbocycles. The lowest BCUT2D eigenvalue weighted by Gasteiger charge is -2.25. The highest BCUT2D eigenvalue weighted by molar-refractivity contribution is 9.24. The second-order valence-electron chi connectivity index (χ2n) is 3.14. The van der Waals surface area contributed by atoms with Crippen LogP contribution >= 0.6 is 31.9 Å². The van der Waals surface area contributed by atoms with E-state index in [1.807, 2.05) is 6.07 Å². The molecule has 0 aliphatic carbocycles. The number of hydrogen-bond acceptors (Lipinski definition) is 0. The van der Waals surface area contributed by atoms with E-state index in [9.17, 15) is 0 Å². The fourth-order valence-electron chi connectivity index (χ4n) is 0.994. The summed E-state index contributed by atoms with van der Waals surface area (Å²) in [5.74, 6) is 0.514. The summed E-state index contributed by atoms with van der Waals surface area (Å²) in [5, 5.41) is 0. The lowest BCUT2D eigenvalue weighted by molar-refractivity contribution is 0.610. The summed E-state index contributed by atoms with van der Waals surface area (Å²) in [7, 11) is 0. The monoisotopic (exact) mass is 290 g/mol. The Morgan fingerprint density at radius 1 is 1.08 bits per heavy atom. The molecule has 0 atom stereocenters. The maximum Gasteiger partial charge on any atom is 0.108 e. The fourth-order valence-corrected chi connectivity index (χ4v) is 1.52. The first-order chi connectivity index (χ1) is 5.55. The van der Waals surface area contributed by atoms with Crippen LogP contribution in [0.5, 0.6) is 0 Å². The predicted molar refractivity (Wildman–Crippen MR) is 60.8 cm³/mol. The van der Waals surface area contributed by atoms with E-state index in [-0.39, 0.29) is 3.23 Å². The maximum absolute atomic E-state index is 3.67. The third-order valence-corrected chi connectivity index (χ3v) is 4.63. The molecule has 0 aromatic heterocycles. The van der Waals surface area contributed by atoms with E-state index >= 15 is 0 Å². The molecular formula is C10H12Br2. The van der Waals surface area contributed by atoms with Crippen molar-refractivity contribution in [1.29, 1.82) is 0 Å². The molecule has 66 valence electrons. The minimum atomic E-state index is -0.0821. The van der Waals surface area contributed by atoms with Gasteiger partial charge in [0.2, 0.25) is 0 Å². The third-order valence-electron chi connectivity index (χ3n) is 1.88. The molecule has 0 nitrogen and oxygen atoms in total. The van der Waals surface area contributed by atoms with Gasteiger partial charge in [0, 0.05) is 0 Å². The fraction of sp³-hybridized carbons (Fsp3) is 0.400. The summed E-state index contributed by atoms with van der Waals surface area (Å²) in [6, 6.07) is 10.4. The molecule has 0 unspecified atom stereocenters. The number of alkyl halides is 2. The SMILES string of the molecule is CC(C)C(Br)(Br)c1ccccc1. The molecule has 0 saturated carbocycles. The van der Waals surface area contributed by atoms with Gasteiger partial charge in [0.05, 0.1) is 0 Å². The van der Waals surface area contributed by atoms with E-state index < -0.39 is 0 Å². The highest BCUT2D eigenvalue weighted by Crippen LogP contribution is 2.44. The van der Waals surface area contributed by atoms with Crippen molar-refractivity contribution in [3.05, 3.63) is 35.9 Å². The number of rotatable bonds is 2. The smallest absolute Gasteiger partial charge is 0.0671 e. The van der Waals surface area contributed by atoms with Gasteiger partial charge in [0.25, 0.3) is 0 Å². The van der Waals surface area contributed by atoms with Crippen LogP contribution in [0.4, 0.5) is 0 Å². The second kappa shape index (κ2) is 3.93. The van der Waals surface area contributed by atoms with E-state index in [0.29, 0.717) is 5.92 Å². The molecule has 0 radical (unpaired) electrons. The maximum atomic E-state index is 3.67. The van der Waals surface area contributed by atoms with Crippen LogP contribution < -0.4 is 0 Å². The van der Waals surface area contributed by atoms with Crippen molar-refractivity contribution in [3.8, 4) is 0 Å². The molecule has 12 heavy (non-hydrogen) atoms. The lowest BCUT2D eigenvalue weighted by Crippen LogP contribution is -2.16. The van der Waals surface area contributed by atoms with E-state index in [2.05, 4.69) is 70.0 Å². The van der Waals surface area contributed by atoms with E-state index in [4.69, 9.17) is 0 Å². The minimum Gasteiger partial charge on any atom is -0.0671 e. The molecule has 0 aliphatic heterocycles. The molecule has 0 bridgehead atoms. The number of halogens is 2. The highest BCUT2D eigenvalue weighted by atomic mass is 79.9. The Balaban J connectivity index is 2.98. The summed E-state index contributed by atoms with van der Waals surface area (Å²) in [4.78, 5) is 0. The summed E-state index contributed by atoms with van der Waals surface area (Å²) < 4.78 is -0.0821. The van der Waals surface area contributed by atoms with Crippen molar-refractivity contribution in [2.24, 2.45) is 5.92 Å². The zero-order valence-corrected chi connectivity index (χ0v) is 10.4. The van der Waals surface area contributed by atoms with Crippen LogP contribution in [0.2, 0.25) is 0 Å². The summed E-state index contributed by atoms with van der Waals surface area (Å²) in [6.07, 6.45) is 0. The summed E-state index contributed by atoms with van der Waals surface area (Å²) in [5.41, 5.74) is 1.26. The number of hydrogen-bond donors (Lipinski definition) is 0. The van der Waals surface area contributed by atoms with Crippen LogP contribution in [0.25, 0.3) is 0 Å². The van der Waals surface area contributed by atoms with E-state index in [1.165, 1.54) is 5.56 Å². The first-order valence-electron chi connectivity index (χ1n) is 3.98. The Morgan fingerprint density at radius 2 is 1.58 bits per heavy atom. The van der Waals surface area contributed by atoms with Gasteiger partial charge in [0.15, 0.2) is 0 Å². The van der Waals surface area contributed by atoms with Crippen LogP contribution in [-0.4, -0.2) is 0 Å². The predicted octanol–water partition coefficient (Wildman–Crippen LogP) is 4.29. The Hall–Kier alpha value is 0.180. The van der Waals surface area contributed by atoms with Gasteiger partial charge >= 0.3 is 0 Å². The average molecular weight is 292 g/mol. The van der Waals surface area contributed by atoms with Gasteiger partial charge < -0.3 is 0 Å². The zero-order valence-electron chi connectivity index (χ0n) is 7.22. The standard InChI is InChI=1S/C10H12Br2/c1-8(2)10(11,12)9-6-4-3-5-7-9/h3-8H,1-2H3. The second-order valence-corrected chi connectivity index (χ2v) is 6.71. The first kappa shape index (κ1) is 10.3. The Labute approximate surface area is 90.6 Å². The third kappa shape index (κ3) is 2.11. The zero-order chi connectivity index (χ0) is 9.19. The van der Waals surface area contributed by atoms with Crippen molar-refractivity contribution in [2.45, 2.75) is 17.1 Å². The topological polar surface area (TPSA) is 0 Å². The van der Waals surface area contributed by atoms with Crippen LogP contribution in [0.15, 0.2) is 30.3 Å². The molecule has 1 aromatic rings. The largest absolute Gasteiger partial charge is 0.108 e. The lowest BCUT2D eigenvalue weighted by atomic mass is 10.0. The van der Waals surface area contributed by atoms with Crippen molar-refractivity contribution >= 4 is 31.9 Å². The Bertz CT molecular complexity index is 239. The summed E-state index contributed by atoms with van der Waals surface area (Å²) in [6.45, 7) is 4.35. The number of benzene rings is 1. The molecule has 0 N–H and O–H groups in total. The molecule has 0 saturated heterocycles. The normalized spacial score (nSPS) is 12.1. The van der Waals surface area contributed by atoms with E-state index in [1.54, 1.807) is 0 Å². The van der Waals surface area contributed by atoms with Crippen molar-refractivity contribution in [3.63, 3.8) is 0 Å². The molecule has 0 aliphatic rings. The van der Waals surface area contributed by atoms with Gasteiger partial charge in [-0.3, -0.25) is 0 Å². The molecular weight excluding hydrogens is 280 g/mol. The molecule has 1 rings (SSSR count). The quantitative estimate of drug-likeness (QED) is 0.713. The van der Waals surface area contributed by atoms with Crippen molar-refractivity contribution in [1.82, 2.24) is 0 Å². The van der Waals surface area contributed by atoms with Crippen LogP contribution in [0.1, 0.15) is 19.4 Å². The van der Waals surface area contributed by atoms with Gasteiger partial charge in [-0.1, -0.05) is 76.0 Å². The molecule has 0 spiro atoms. The minimum absolute atomic E-state index is 0.0821. The molecule has 0 fully saturated rings. The van der Waals surface area contributed by atoms with E-state index in [0.717, 1.165) is 0 Å². The molecule has 2 heteroatoms.